The molecule has 34 heavy (non-hydrogen) atoms. The summed E-state index contributed by atoms with van der Waals surface area (Å²) < 4.78 is 7.60. The van der Waals surface area contributed by atoms with Crippen molar-refractivity contribution < 1.29 is 19.4 Å². The SMILES string of the molecule is CCOc1ccc(/C(O)=C2\C(=O)C(=O)N(CCN(C)C)C2c2cn(C)c3ccccc23)cc1C. The average Bonchev–Trinajstić information content (AvgIpc) is 3.27. The normalized spacial score (nSPS) is 17.8. The Hall–Kier alpha value is -3.58. The van der Waals surface area contributed by atoms with Crippen LogP contribution < -0.4 is 4.74 Å². The Labute approximate surface area is 199 Å². The summed E-state index contributed by atoms with van der Waals surface area (Å²) in [4.78, 5) is 30.0. The number of hydrogen-bond acceptors (Lipinski definition) is 5. The number of aliphatic hydroxyl groups excluding tert-OH is 1. The molecule has 0 aliphatic carbocycles. The van der Waals surface area contributed by atoms with Gasteiger partial charge in [-0.15, -0.1) is 0 Å². The third-order valence-electron chi connectivity index (χ3n) is 6.30. The van der Waals surface area contributed by atoms with Gasteiger partial charge in [0.25, 0.3) is 11.7 Å². The summed E-state index contributed by atoms with van der Waals surface area (Å²) in [5.74, 6) is -0.712. The van der Waals surface area contributed by atoms with Gasteiger partial charge in [0, 0.05) is 48.4 Å². The van der Waals surface area contributed by atoms with Gasteiger partial charge in [-0.05, 0) is 57.8 Å². The number of likely N-dealkylation sites (tertiary alicyclic amines) is 1. The van der Waals surface area contributed by atoms with Crippen LogP contribution in [-0.2, 0) is 16.6 Å². The number of benzene rings is 2. The van der Waals surface area contributed by atoms with E-state index >= 15 is 0 Å². The maximum atomic E-state index is 13.3. The number of amides is 1. The van der Waals surface area contributed by atoms with Gasteiger partial charge in [-0.25, -0.2) is 0 Å². The summed E-state index contributed by atoms with van der Waals surface area (Å²) in [6.45, 7) is 5.29. The number of aryl methyl sites for hydroxylation is 2. The Morgan fingerprint density at radius 2 is 1.88 bits per heavy atom. The van der Waals surface area contributed by atoms with Gasteiger partial charge in [-0.1, -0.05) is 18.2 Å². The van der Waals surface area contributed by atoms with E-state index in [0.717, 1.165) is 27.8 Å². The van der Waals surface area contributed by atoms with Gasteiger partial charge in [0.1, 0.15) is 11.5 Å². The number of carbonyl (C=O) groups excluding carboxylic acids is 2. The third-order valence-corrected chi connectivity index (χ3v) is 6.30. The van der Waals surface area contributed by atoms with Crippen molar-refractivity contribution >= 4 is 28.4 Å². The van der Waals surface area contributed by atoms with Crippen molar-refractivity contribution in [3.05, 3.63) is 70.9 Å². The molecule has 4 rings (SSSR count). The molecule has 1 amide bonds. The highest BCUT2D eigenvalue weighted by Crippen LogP contribution is 2.42. The van der Waals surface area contributed by atoms with E-state index in [0.29, 0.717) is 25.3 Å². The number of nitrogens with zero attached hydrogens (tertiary/aromatic N) is 3. The van der Waals surface area contributed by atoms with Crippen LogP contribution in [0.1, 0.15) is 29.7 Å². The Morgan fingerprint density at radius 1 is 1.15 bits per heavy atom. The van der Waals surface area contributed by atoms with Gasteiger partial charge in [0.2, 0.25) is 0 Å². The van der Waals surface area contributed by atoms with Crippen LogP contribution in [0.2, 0.25) is 0 Å². The van der Waals surface area contributed by atoms with E-state index in [1.54, 1.807) is 23.1 Å². The predicted octanol–water partition coefficient (Wildman–Crippen LogP) is 3.87. The molecule has 7 nitrogen and oxygen atoms in total. The highest BCUT2D eigenvalue weighted by atomic mass is 16.5. The largest absolute Gasteiger partial charge is 0.507 e. The molecule has 1 atom stereocenters. The molecule has 1 aromatic heterocycles. The van der Waals surface area contributed by atoms with Gasteiger partial charge in [-0.3, -0.25) is 9.59 Å². The predicted molar refractivity (Wildman–Crippen MR) is 133 cm³/mol. The molecule has 2 aromatic carbocycles. The molecule has 3 aromatic rings. The molecule has 0 saturated carbocycles. The van der Waals surface area contributed by atoms with Crippen molar-refractivity contribution in [1.82, 2.24) is 14.4 Å². The lowest BCUT2D eigenvalue weighted by molar-refractivity contribution is -0.140. The number of ketones is 1. The Bertz CT molecular complexity index is 1290. The molecule has 1 unspecified atom stereocenters. The van der Waals surface area contributed by atoms with Crippen molar-refractivity contribution in [2.75, 3.05) is 33.8 Å². The molecule has 1 aliphatic rings. The van der Waals surface area contributed by atoms with Gasteiger partial charge >= 0.3 is 0 Å². The molecule has 1 fully saturated rings. The smallest absolute Gasteiger partial charge is 0.295 e. The molecular formula is C27H31N3O4. The van der Waals surface area contributed by atoms with E-state index in [4.69, 9.17) is 4.74 Å². The zero-order valence-electron chi connectivity index (χ0n) is 20.3. The number of fused-ring (bicyclic) bond motifs is 1. The molecule has 0 spiro atoms. The zero-order chi connectivity index (χ0) is 24.6. The lowest BCUT2D eigenvalue weighted by atomic mass is 9.94. The Kier molecular flexibility index (Phi) is 6.48. The second kappa shape index (κ2) is 9.35. The molecule has 2 heterocycles. The fourth-order valence-electron chi connectivity index (χ4n) is 4.60. The minimum absolute atomic E-state index is 0.115. The Balaban J connectivity index is 1.91. The van der Waals surface area contributed by atoms with E-state index in [9.17, 15) is 14.7 Å². The molecule has 0 bridgehead atoms. The first-order chi connectivity index (χ1) is 16.2. The molecule has 1 saturated heterocycles. The molecule has 0 radical (unpaired) electrons. The minimum Gasteiger partial charge on any atom is -0.507 e. The molecule has 1 aliphatic heterocycles. The molecule has 178 valence electrons. The number of aromatic nitrogens is 1. The second-order valence-electron chi connectivity index (χ2n) is 8.92. The maximum absolute atomic E-state index is 13.3. The van der Waals surface area contributed by atoms with Crippen molar-refractivity contribution in [3.63, 3.8) is 0 Å². The number of para-hydroxylation sites is 1. The second-order valence-corrected chi connectivity index (χ2v) is 8.92. The monoisotopic (exact) mass is 461 g/mol. The lowest BCUT2D eigenvalue weighted by Crippen LogP contribution is -2.35. The van der Waals surface area contributed by atoms with Crippen LogP contribution >= 0.6 is 0 Å². The molecule has 1 N–H and O–H groups in total. The summed E-state index contributed by atoms with van der Waals surface area (Å²) >= 11 is 0. The fourth-order valence-corrected chi connectivity index (χ4v) is 4.60. The van der Waals surface area contributed by atoms with Crippen LogP contribution in [0.25, 0.3) is 16.7 Å². The van der Waals surface area contributed by atoms with Gasteiger partial charge < -0.3 is 24.2 Å². The highest BCUT2D eigenvalue weighted by Gasteiger charge is 2.46. The highest BCUT2D eigenvalue weighted by molar-refractivity contribution is 6.46. The van der Waals surface area contributed by atoms with E-state index in [1.807, 2.05) is 74.9 Å². The first-order valence-electron chi connectivity index (χ1n) is 11.5. The van der Waals surface area contributed by atoms with E-state index in [2.05, 4.69) is 0 Å². The van der Waals surface area contributed by atoms with Gasteiger partial charge in [-0.2, -0.15) is 0 Å². The first-order valence-corrected chi connectivity index (χ1v) is 11.5. The molecule has 7 heteroatoms. The van der Waals surface area contributed by atoms with Crippen LogP contribution in [0.3, 0.4) is 0 Å². The van der Waals surface area contributed by atoms with Crippen molar-refractivity contribution in [1.29, 1.82) is 0 Å². The topological polar surface area (TPSA) is 75.0 Å². The summed E-state index contributed by atoms with van der Waals surface area (Å²) in [6.07, 6.45) is 1.95. The number of rotatable bonds is 7. The van der Waals surface area contributed by atoms with Crippen molar-refractivity contribution in [2.45, 2.75) is 19.9 Å². The average molecular weight is 462 g/mol. The van der Waals surface area contributed by atoms with Gasteiger partial charge in [0.05, 0.1) is 18.2 Å². The van der Waals surface area contributed by atoms with Crippen molar-refractivity contribution in [3.8, 4) is 5.75 Å². The number of likely N-dealkylation sites (N-methyl/N-ethyl adjacent to an activating group) is 1. The van der Waals surface area contributed by atoms with Crippen LogP contribution in [0, 0.1) is 6.92 Å². The standard InChI is InChI=1S/C27H31N3O4/c1-6-34-22-12-11-18(15-17(22)2)25(31)23-24(30(14-13-28(3)4)27(33)26(23)32)20-16-29(5)21-10-8-7-9-19(20)21/h7-12,15-16,24,31H,6,13-14H2,1-5H3/b25-23+. The maximum Gasteiger partial charge on any atom is 0.295 e. The van der Waals surface area contributed by atoms with Crippen LogP contribution in [0.4, 0.5) is 0 Å². The summed E-state index contributed by atoms with van der Waals surface area (Å²) in [5, 5.41) is 12.3. The van der Waals surface area contributed by atoms with Crippen molar-refractivity contribution in [2.24, 2.45) is 7.05 Å². The number of carbonyl (C=O) groups is 2. The van der Waals surface area contributed by atoms with Gasteiger partial charge in [0.15, 0.2) is 0 Å². The van der Waals surface area contributed by atoms with Crippen LogP contribution in [0.5, 0.6) is 5.75 Å². The fraction of sp³-hybridized carbons (Fsp3) is 0.333. The number of Topliss-reactive ketones (excluding diaryl/α,β-unsaturated/α-hetero) is 1. The summed E-state index contributed by atoms with van der Waals surface area (Å²) in [5.41, 5.74) is 3.25. The van der Waals surface area contributed by atoms with Crippen LogP contribution in [-0.4, -0.2) is 65.0 Å². The quantitative estimate of drug-likeness (QED) is 0.328. The lowest BCUT2D eigenvalue weighted by Gasteiger charge is -2.26. The number of aliphatic hydroxyl groups is 1. The minimum atomic E-state index is -0.682. The zero-order valence-corrected chi connectivity index (χ0v) is 20.3. The number of hydrogen-bond donors (Lipinski definition) is 1. The van der Waals surface area contributed by atoms with Crippen LogP contribution in [0.15, 0.2) is 54.2 Å². The van der Waals surface area contributed by atoms with E-state index < -0.39 is 17.7 Å². The van der Waals surface area contributed by atoms with E-state index in [-0.39, 0.29) is 11.3 Å². The third kappa shape index (κ3) is 4.07. The summed E-state index contributed by atoms with van der Waals surface area (Å²) in [7, 11) is 5.78. The first kappa shape index (κ1) is 23.6. The molecular weight excluding hydrogens is 430 g/mol. The number of ether oxygens (including phenoxy) is 1. The summed E-state index contributed by atoms with van der Waals surface area (Å²) in [6, 6.07) is 12.5. The Morgan fingerprint density at radius 3 is 2.56 bits per heavy atom. The van der Waals surface area contributed by atoms with E-state index in [1.165, 1.54) is 0 Å².